The second-order valence-electron chi connectivity index (χ2n) is 4.08. The molecule has 1 aromatic rings. The van der Waals surface area contributed by atoms with Crippen LogP contribution in [-0.2, 0) is 0 Å². The zero-order valence-electron chi connectivity index (χ0n) is 8.73. The third-order valence-corrected chi connectivity index (χ3v) is 2.68. The summed E-state index contributed by atoms with van der Waals surface area (Å²) in [6.07, 6.45) is 1.96. The molecule has 1 aliphatic rings. The molecule has 0 radical (unpaired) electrons. The minimum absolute atomic E-state index is 0.189. The van der Waals surface area contributed by atoms with Crippen LogP contribution in [0.2, 0.25) is 0 Å². The van der Waals surface area contributed by atoms with Crippen molar-refractivity contribution in [1.82, 2.24) is 0 Å². The van der Waals surface area contributed by atoms with Gasteiger partial charge in [0.2, 0.25) is 0 Å². The normalized spacial score (nSPS) is 24.1. The van der Waals surface area contributed by atoms with Gasteiger partial charge >= 0.3 is 0 Å². The molecule has 2 rings (SSSR count). The standard InChI is InChI=1S/C12H14N2O/c1-8-2-3-9(7-13)12(4-8)15-11-5-10(14)6-11/h2-4,10-11H,5-6,14H2,1H3. The zero-order chi connectivity index (χ0) is 10.8. The molecule has 1 fully saturated rings. The van der Waals surface area contributed by atoms with Crippen LogP contribution in [0, 0.1) is 18.3 Å². The van der Waals surface area contributed by atoms with E-state index in [1.165, 1.54) is 0 Å². The van der Waals surface area contributed by atoms with Crippen molar-refractivity contribution in [2.24, 2.45) is 5.73 Å². The van der Waals surface area contributed by atoms with Crippen molar-refractivity contribution < 1.29 is 4.74 Å². The van der Waals surface area contributed by atoms with E-state index in [0.717, 1.165) is 18.4 Å². The van der Waals surface area contributed by atoms with Gasteiger partial charge < -0.3 is 10.5 Å². The molecule has 1 aliphatic carbocycles. The predicted molar refractivity (Wildman–Crippen MR) is 57.5 cm³/mol. The van der Waals surface area contributed by atoms with Crippen LogP contribution in [0.1, 0.15) is 24.0 Å². The molecule has 0 spiro atoms. The van der Waals surface area contributed by atoms with Crippen LogP contribution in [0.3, 0.4) is 0 Å². The number of nitrogens with two attached hydrogens (primary N) is 1. The second-order valence-corrected chi connectivity index (χ2v) is 4.08. The van der Waals surface area contributed by atoms with Gasteiger partial charge in [0.25, 0.3) is 0 Å². The fourth-order valence-electron chi connectivity index (χ4n) is 1.70. The van der Waals surface area contributed by atoms with E-state index in [0.29, 0.717) is 11.3 Å². The van der Waals surface area contributed by atoms with Crippen molar-refractivity contribution in [3.8, 4) is 11.8 Å². The lowest BCUT2D eigenvalue weighted by molar-refractivity contribution is 0.100. The highest BCUT2D eigenvalue weighted by Crippen LogP contribution is 2.27. The first kappa shape index (κ1) is 10.0. The Labute approximate surface area is 89.5 Å². The zero-order valence-corrected chi connectivity index (χ0v) is 8.73. The number of nitriles is 1. The van der Waals surface area contributed by atoms with E-state index in [1.54, 1.807) is 6.07 Å². The summed E-state index contributed by atoms with van der Waals surface area (Å²) in [5, 5.41) is 8.91. The van der Waals surface area contributed by atoms with Gasteiger partial charge in [-0.25, -0.2) is 0 Å². The maximum atomic E-state index is 8.91. The topological polar surface area (TPSA) is 59.0 Å². The average Bonchev–Trinajstić information content (AvgIpc) is 2.16. The van der Waals surface area contributed by atoms with Gasteiger partial charge in [0.15, 0.2) is 0 Å². The Morgan fingerprint density at radius 1 is 1.47 bits per heavy atom. The lowest BCUT2D eigenvalue weighted by Crippen LogP contribution is -2.43. The molecule has 1 aromatic carbocycles. The summed E-state index contributed by atoms with van der Waals surface area (Å²) < 4.78 is 5.72. The van der Waals surface area contributed by atoms with Gasteiger partial charge in [0.05, 0.1) is 5.56 Å². The average molecular weight is 202 g/mol. The third-order valence-electron chi connectivity index (χ3n) is 2.68. The molecule has 0 unspecified atom stereocenters. The third kappa shape index (κ3) is 2.11. The molecule has 0 amide bonds. The molecule has 15 heavy (non-hydrogen) atoms. The smallest absolute Gasteiger partial charge is 0.137 e. The first-order valence-electron chi connectivity index (χ1n) is 5.12. The fourth-order valence-corrected chi connectivity index (χ4v) is 1.70. The number of hydrogen-bond acceptors (Lipinski definition) is 3. The Balaban J connectivity index is 2.13. The second kappa shape index (κ2) is 3.92. The van der Waals surface area contributed by atoms with Crippen LogP contribution < -0.4 is 10.5 Å². The Hall–Kier alpha value is -1.53. The molecule has 3 nitrogen and oxygen atoms in total. The van der Waals surface area contributed by atoms with Crippen LogP contribution >= 0.6 is 0 Å². The summed E-state index contributed by atoms with van der Waals surface area (Å²) in [4.78, 5) is 0. The van der Waals surface area contributed by atoms with E-state index in [2.05, 4.69) is 6.07 Å². The van der Waals surface area contributed by atoms with Crippen LogP contribution in [0.15, 0.2) is 18.2 Å². The number of aryl methyl sites for hydroxylation is 1. The molecule has 2 N–H and O–H groups in total. The SMILES string of the molecule is Cc1ccc(C#N)c(OC2CC(N)C2)c1. The highest BCUT2D eigenvalue weighted by atomic mass is 16.5. The highest BCUT2D eigenvalue weighted by Gasteiger charge is 2.28. The molecule has 0 aliphatic heterocycles. The maximum absolute atomic E-state index is 8.91. The van der Waals surface area contributed by atoms with Gasteiger partial charge in [-0.3, -0.25) is 0 Å². The molecule has 0 atom stereocenters. The van der Waals surface area contributed by atoms with Crippen LogP contribution in [0.5, 0.6) is 5.75 Å². The van der Waals surface area contributed by atoms with Gasteiger partial charge in [-0.1, -0.05) is 6.07 Å². The van der Waals surface area contributed by atoms with E-state index >= 15 is 0 Å². The van der Waals surface area contributed by atoms with Gasteiger partial charge in [0.1, 0.15) is 17.9 Å². The molecule has 3 heteroatoms. The van der Waals surface area contributed by atoms with Crippen molar-refractivity contribution in [2.45, 2.75) is 31.9 Å². The Bertz CT molecular complexity index is 403. The molecule has 78 valence electrons. The number of ether oxygens (including phenoxy) is 1. The summed E-state index contributed by atoms with van der Waals surface area (Å²) in [6.45, 7) is 1.99. The summed E-state index contributed by atoms with van der Waals surface area (Å²) in [5.41, 5.74) is 7.38. The molecule has 0 bridgehead atoms. The quantitative estimate of drug-likeness (QED) is 0.794. The van der Waals surface area contributed by atoms with E-state index in [1.807, 2.05) is 19.1 Å². The number of hydrogen-bond donors (Lipinski definition) is 1. The molecule has 1 saturated carbocycles. The van der Waals surface area contributed by atoms with Crippen molar-refractivity contribution in [3.63, 3.8) is 0 Å². The van der Waals surface area contributed by atoms with E-state index in [9.17, 15) is 0 Å². The Morgan fingerprint density at radius 2 is 2.20 bits per heavy atom. The summed E-state index contributed by atoms with van der Waals surface area (Å²) in [5.74, 6) is 0.689. The largest absolute Gasteiger partial charge is 0.489 e. The molecular formula is C12H14N2O. The first-order valence-corrected chi connectivity index (χ1v) is 5.12. The highest BCUT2D eigenvalue weighted by molar-refractivity contribution is 5.45. The molecule has 0 heterocycles. The lowest BCUT2D eigenvalue weighted by atomic mass is 9.90. The van der Waals surface area contributed by atoms with Crippen molar-refractivity contribution in [2.75, 3.05) is 0 Å². The monoisotopic (exact) mass is 202 g/mol. The van der Waals surface area contributed by atoms with Crippen LogP contribution in [0.25, 0.3) is 0 Å². The Morgan fingerprint density at radius 3 is 2.80 bits per heavy atom. The number of rotatable bonds is 2. The van der Waals surface area contributed by atoms with Gasteiger partial charge in [0, 0.05) is 6.04 Å². The van der Waals surface area contributed by atoms with Gasteiger partial charge in [-0.05, 0) is 37.5 Å². The van der Waals surface area contributed by atoms with Gasteiger partial charge in [-0.2, -0.15) is 5.26 Å². The summed E-state index contributed by atoms with van der Waals surface area (Å²) >= 11 is 0. The molecular weight excluding hydrogens is 188 g/mol. The minimum Gasteiger partial charge on any atom is -0.489 e. The lowest BCUT2D eigenvalue weighted by Gasteiger charge is -2.32. The van der Waals surface area contributed by atoms with E-state index in [4.69, 9.17) is 15.7 Å². The summed E-state index contributed by atoms with van der Waals surface area (Å²) in [6, 6.07) is 8.01. The van der Waals surface area contributed by atoms with E-state index < -0.39 is 0 Å². The fraction of sp³-hybridized carbons (Fsp3) is 0.417. The molecule has 0 saturated heterocycles. The number of benzene rings is 1. The number of nitrogens with zero attached hydrogens (tertiary/aromatic N) is 1. The molecule has 0 aromatic heterocycles. The van der Waals surface area contributed by atoms with Crippen molar-refractivity contribution in [3.05, 3.63) is 29.3 Å². The van der Waals surface area contributed by atoms with Crippen LogP contribution in [0.4, 0.5) is 0 Å². The Kier molecular flexibility index (Phi) is 2.61. The van der Waals surface area contributed by atoms with E-state index in [-0.39, 0.29) is 12.1 Å². The maximum Gasteiger partial charge on any atom is 0.137 e. The minimum atomic E-state index is 0.189. The van der Waals surface area contributed by atoms with Crippen molar-refractivity contribution in [1.29, 1.82) is 5.26 Å². The predicted octanol–water partition coefficient (Wildman–Crippen LogP) is 1.74. The first-order chi connectivity index (χ1) is 7.19. The van der Waals surface area contributed by atoms with Gasteiger partial charge in [-0.15, -0.1) is 0 Å². The van der Waals surface area contributed by atoms with Crippen LogP contribution in [-0.4, -0.2) is 12.1 Å². The summed E-state index contributed by atoms with van der Waals surface area (Å²) in [7, 11) is 0. The van der Waals surface area contributed by atoms with Crippen molar-refractivity contribution >= 4 is 0 Å².